The van der Waals surface area contributed by atoms with Crippen molar-refractivity contribution in [1.29, 1.82) is 0 Å². The number of ether oxygens (including phenoxy) is 1. The molecule has 4 N–H and O–H groups in total. The molecule has 4 rings (SSSR count). The van der Waals surface area contributed by atoms with Crippen LogP contribution in [0.3, 0.4) is 0 Å². The van der Waals surface area contributed by atoms with Crippen LogP contribution in [0, 0.1) is 24.5 Å². The number of methoxy groups -OCH3 is 1. The van der Waals surface area contributed by atoms with E-state index in [-0.39, 0.29) is 18.1 Å². The van der Waals surface area contributed by atoms with Gasteiger partial charge in [-0.25, -0.2) is 4.98 Å². The largest absolute Gasteiger partial charge is 0.496 e. The molecular formula is C20H21N7O2. The van der Waals surface area contributed by atoms with Crippen LogP contribution in [0.4, 0.5) is 5.95 Å². The summed E-state index contributed by atoms with van der Waals surface area (Å²) in [7, 11) is 1.62. The number of pyridine rings is 1. The lowest BCUT2D eigenvalue weighted by atomic mass is 10.1. The van der Waals surface area contributed by atoms with Gasteiger partial charge in [0.2, 0.25) is 0 Å². The number of hydrogen-bond acceptors (Lipinski definition) is 6. The molecule has 2 aromatic rings. The van der Waals surface area contributed by atoms with E-state index in [2.05, 4.69) is 31.5 Å². The van der Waals surface area contributed by atoms with E-state index in [0.29, 0.717) is 32.8 Å². The molecule has 0 saturated carbocycles. The van der Waals surface area contributed by atoms with E-state index in [9.17, 15) is 4.79 Å². The number of aromatic nitrogens is 6. The van der Waals surface area contributed by atoms with E-state index in [1.165, 1.54) is 0 Å². The van der Waals surface area contributed by atoms with Gasteiger partial charge in [0.25, 0.3) is 5.56 Å². The molecule has 0 saturated heterocycles. The van der Waals surface area contributed by atoms with Gasteiger partial charge in [-0.15, -0.1) is 0 Å². The Labute approximate surface area is 165 Å². The zero-order valence-electron chi connectivity index (χ0n) is 16.4. The number of rotatable bonds is 4. The highest BCUT2D eigenvalue weighted by atomic mass is 16.5. The van der Waals surface area contributed by atoms with Gasteiger partial charge in [-0.1, -0.05) is 6.58 Å². The summed E-state index contributed by atoms with van der Waals surface area (Å²) in [4.78, 5) is 32.3. The quantitative estimate of drug-likeness (QED) is 0.446. The van der Waals surface area contributed by atoms with Gasteiger partial charge in [0.15, 0.2) is 5.95 Å². The highest BCUT2D eigenvalue weighted by molar-refractivity contribution is 5.43. The lowest BCUT2D eigenvalue weighted by Crippen LogP contribution is -2.31. The van der Waals surface area contributed by atoms with Crippen molar-refractivity contribution in [2.45, 2.75) is 20.4 Å². The predicted molar refractivity (Wildman–Crippen MR) is 109 cm³/mol. The Balaban J connectivity index is 2.03. The average Bonchev–Trinajstić information content (AvgIpc) is 3.27. The lowest BCUT2D eigenvalue weighted by Gasteiger charge is -2.12. The van der Waals surface area contributed by atoms with E-state index in [4.69, 9.17) is 10.5 Å². The Morgan fingerprint density at radius 2 is 2.14 bits per heavy atom. The molecule has 0 aliphatic carbocycles. The predicted octanol–water partition coefficient (Wildman–Crippen LogP) is -0.0907. The maximum absolute atomic E-state index is 13.3. The summed E-state index contributed by atoms with van der Waals surface area (Å²) in [6.45, 7) is 8.07. The second kappa shape index (κ2) is 6.93. The SMILES string of the molecule is C=c1[nH]c(N)nc2n(Cc3ncc(C)c(OC)c3C)c(=O)c(=Cc3ncc[nH]3)c1=2. The van der Waals surface area contributed by atoms with Crippen LogP contribution >= 0.6 is 0 Å². The number of H-pyrrole nitrogens is 2. The van der Waals surface area contributed by atoms with Gasteiger partial charge in [0.1, 0.15) is 17.1 Å². The molecule has 2 aliphatic rings. The van der Waals surface area contributed by atoms with Gasteiger partial charge in [0.05, 0.1) is 29.8 Å². The fraction of sp³-hybridized carbons (Fsp3) is 0.200. The van der Waals surface area contributed by atoms with E-state index >= 15 is 0 Å². The first-order chi connectivity index (χ1) is 13.9. The minimum absolute atomic E-state index is 0.178. The fourth-order valence-corrected chi connectivity index (χ4v) is 3.53. The lowest BCUT2D eigenvalue weighted by molar-refractivity contribution is 0.406. The molecule has 0 bridgehead atoms. The molecule has 0 spiro atoms. The van der Waals surface area contributed by atoms with Crippen LogP contribution in [0.5, 0.6) is 5.75 Å². The third-order valence-corrected chi connectivity index (χ3v) is 4.89. The van der Waals surface area contributed by atoms with Gasteiger partial charge < -0.3 is 20.4 Å². The molecule has 148 valence electrons. The number of nitrogen functional groups attached to an aromatic ring is 1. The van der Waals surface area contributed by atoms with Crippen molar-refractivity contribution in [2.75, 3.05) is 12.8 Å². The van der Waals surface area contributed by atoms with Gasteiger partial charge in [-0.3, -0.25) is 14.3 Å². The van der Waals surface area contributed by atoms with Crippen molar-refractivity contribution in [2.24, 2.45) is 0 Å². The monoisotopic (exact) mass is 391 g/mol. The number of nitrogens with one attached hydrogen (secondary N) is 2. The maximum atomic E-state index is 13.3. The summed E-state index contributed by atoms with van der Waals surface area (Å²) in [6, 6.07) is 0. The van der Waals surface area contributed by atoms with Crippen LogP contribution in [-0.4, -0.2) is 36.6 Å². The van der Waals surface area contributed by atoms with E-state index < -0.39 is 0 Å². The first-order valence-electron chi connectivity index (χ1n) is 8.97. The fourth-order valence-electron chi connectivity index (χ4n) is 3.53. The first-order valence-corrected chi connectivity index (χ1v) is 8.97. The summed E-state index contributed by atoms with van der Waals surface area (Å²) in [5, 5.41) is 1.53. The van der Waals surface area contributed by atoms with Crippen molar-refractivity contribution < 1.29 is 4.74 Å². The van der Waals surface area contributed by atoms with Gasteiger partial charge in [-0.05, 0) is 19.9 Å². The normalized spacial score (nSPS) is 12.0. The molecule has 0 atom stereocenters. The summed E-state index contributed by atoms with van der Waals surface area (Å²) < 4.78 is 7.04. The zero-order valence-corrected chi connectivity index (χ0v) is 16.4. The van der Waals surface area contributed by atoms with Crippen LogP contribution in [0.25, 0.3) is 12.7 Å². The average molecular weight is 391 g/mol. The highest BCUT2D eigenvalue weighted by Crippen LogP contribution is 2.24. The van der Waals surface area contributed by atoms with Crippen molar-refractivity contribution >= 4 is 18.6 Å². The topological polar surface area (TPSA) is 128 Å². The molecule has 0 radical (unpaired) electrons. The van der Waals surface area contributed by atoms with E-state index in [1.54, 1.807) is 36.3 Å². The van der Waals surface area contributed by atoms with Crippen molar-refractivity contribution in [3.05, 3.63) is 72.9 Å². The number of anilines is 1. The molecular weight excluding hydrogens is 370 g/mol. The summed E-state index contributed by atoms with van der Waals surface area (Å²) in [5.74, 6) is 1.49. The number of nitrogens with zero attached hydrogens (tertiary/aromatic N) is 4. The molecule has 2 aromatic heterocycles. The van der Waals surface area contributed by atoms with Crippen LogP contribution < -0.4 is 26.6 Å². The van der Waals surface area contributed by atoms with Crippen LogP contribution in [0.1, 0.15) is 22.6 Å². The molecule has 0 aromatic carbocycles. The van der Waals surface area contributed by atoms with Gasteiger partial charge >= 0.3 is 0 Å². The van der Waals surface area contributed by atoms with Gasteiger partial charge in [0, 0.05) is 35.1 Å². The number of nitrogens with two attached hydrogens (primary N) is 1. The second-order valence-electron chi connectivity index (χ2n) is 6.77. The Hall–Kier alpha value is -3.88. The molecule has 0 amide bonds. The molecule has 4 heterocycles. The number of hydrogen-bond donors (Lipinski definition) is 3. The van der Waals surface area contributed by atoms with E-state index in [1.807, 2.05) is 13.8 Å². The Morgan fingerprint density at radius 1 is 1.34 bits per heavy atom. The molecule has 9 nitrogen and oxygen atoms in total. The number of aromatic amines is 2. The third kappa shape index (κ3) is 3.06. The van der Waals surface area contributed by atoms with Crippen molar-refractivity contribution in [1.82, 2.24) is 29.5 Å². The number of aryl methyl sites for hydroxylation is 1. The summed E-state index contributed by atoms with van der Waals surface area (Å²) in [5.41, 5.74) is 8.61. The van der Waals surface area contributed by atoms with Crippen LogP contribution in [-0.2, 0) is 6.54 Å². The molecule has 0 unspecified atom stereocenters. The molecule has 2 aliphatic heterocycles. The van der Waals surface area contributed by atoms with Crippen molar-refractivity contribution in [3.63, 3.8) is 0 Å². The Kier molecular flexibility index (Phi) is 4.42. The first kappa shape index (κ1) is 18.5. The Morgan fingerprint density at radius 3 is 2.83 bits per heavy atom. The van der Waals surface area contributed by atoms with Crippen LogP contribution in [0.2, 0.25) is 0 Å². The molecule has 29 heavy (non-hydrogen) atoms. The Bertz CT molecular complexity index is 1430. The molecule has 9 heteroatoms. The number of imidazole rings is 1. The zero-order chi connectivity index (χ0) is 20.7. The minimum Gasteiger partial charge on any atom is -0.496 e. The third-order valence-electron chi connectivity index (χ3n) is 4.89. The summed E-state index contributed by atoms with van der Waals surface area (Å²) in [6.07, 6.45) is 6.72. The van der Waals surface area contributed by atoms with Crippen LogP contribution in [0.15, 0.2) is 23.4 Å². The minimum atomic E-state index is -0.228. The van der Waals surface area contributed by atoms with Crippen molar-refractivity contribution in [3.8, 4) is 5.75 Å². The summed E-state index contributed by atoms with van der Waals surface area (Å²) >= 11 is 0. The van der Waals surface area contributed by atoms with Gasteiger partial charge in [-0.2, -0.15) is 4.98 Å². The smallest absolute Gasteiger partial charge is 0.260 e. The van der Waals surface area contributed by atoms with E-state index in [0.717, 1.165) is 16.9 Å². The molecule has 0 fully saturated rings. The second-order valence-corrected chi connectivity index (χ2v) is 6.77. The standard InChI is InChI=1S/C20H21N7O2/c1-10-8-24-14(11(2)17(10)29-4)9-27-18-16(12(3)25-20(21)26-18)13(19(27)28)7-15-22-5-6-23-15/h5-8H,3,9H2,1-2,4H3,(H,22,23)(H3,21,25,26). The highest BCUT2D eigenvalue weighted by Gasteiger charge is 2.15. The maximum Gasteiger partial charge on any atom is 0.260 e.